The maximum Gasteiger partial charge on any atom is 0.272 e. The zero-order valence-electron chi connectivity index (χ0n) is 12.9. The fourth-order valence-corrected chi connectivity index (χ4v) is 3.24. The van der Waals surface area contributed by atoms with Gasteiger partial charge in [0.1, 0.15) is 18.1 Å². The average Bonchev–Trinajstić information content (AvgIpc) is 3.24. The predicted molar refractivity (Wildman–Crippen MR) is 85.5 cm³/mol. The predicted octanol–water partition coefficient (Wildman–Crippen LogP) is 1.67. The van der Waals surface area contributed by atoms with Crippen LogP contribution in [0.2, 0.25) is 0 Å². The first-order valence-corrected chi connectivity index (χ1v) is 8.10. The van der Waals surface area contributed by atoms with E-state index in [4.69, 9.17) is 4.74 Å². The van der Waals surface area contributed by atoms with E-state index >= 15 is 0 Å². The number of benzene rings is 1. The SMILES string of the molecule is O=C(N[C@@H]1COc2ccccc21)c1ccn([C@H]2CCCNC2)n1. The van der Waals surface area contributed by atoms with Crippen molar-refractivity contribution in [1.82, 2.24) is 20.4 Å². The zero-order chi connectivity index (χ0) is 15.6. The van der Waals surface area contributed by atoms with E-state index in [9.17, 15) is 4.79 Å². The summed E-state index contributed by atoms with van der Waals surface area (Å²) in [6, 6.07) is 9.80. The molecule has 1 amide bonds. The number of rotatable bonds is 3. The molecule has 0 unspecified atom stereocenters. The lowest BCUT2D eigenvalue weighted by molar-refractivity contribution is 0.0924. The summed E-state index contributed by atoms with van der Waals surface area (Å²) in [5, 5.41) is 10.8. The van der Waals surface area contributed by atoms with Gasteiger partial charge in [0, 0.05) is 18.3 Å². The molecule has 0 saturated carbocycles. The highest BCUT2D eigenvalue weighted by Crippen LogP contribution is 2.31. The van der Waals surface area contributed by atoms with Crippen molar-refractivity contribution in [3.63, 3.8) is 0 Å². The first-order chi connectivity index (χ1) is 11.3. The van der Waals surface area contributed by atoms with Gasteiger partial charge in [-0.3, -0.25) is 9.48 Å². The van der Waals surface area contributed by atoms with Gasteiger partial charge in [-0.1, -0.05) is 18.2 Å². The second kappa shape index (κ2) is 6.04. The van der Waals surface area contributed by atoms with Gasteiger partial charge in [-0.15, -0.1) is 0 Å². The molecule has 0 aliphatic carbocycles. The Morgan fingerprint density at radius 2 is 2.26 bits per heavy atom. The minimum atomic E-state index is -0.155. The molecular weight excluding hydrogens is 292 g/mol. The van der Waals surface area contributed by atoms with Crippen molar-refractivity contribution >= 4 is 5.91 Å². The minimum Gasteiger partial charge on any atom is -0.491 e. The Labute approximate surface area is 134 Å². The Morgan fingerprint density at radius 1 is 1.35 bits per heavy atom. The molecule has 2 aliphatic rings. The number of carbonyl (C=O) groups is 1. The lowest BCUT2D eigenvalue weighted by atomic mass is 10.1. The minimum absolute atomic E-state index is 0.111. The summed E-state index contributed by atoms with van der Waals surface area (Å²) >= 11 is 0. The Balaban J connectivity index is 1.45. The maximum absolute atomic E-state index is 12.4. The third-order valence-electron chi connectivity index (χ3n) is 4.49. The van der Waals surface area contributed by atoms with Crippen LogP contribution in [0.4, 0.5) is 0 Å². The molecule has 6 heteroatoms. The summed E-state index contributed by atoms with van der Waals surface area (Å²) in [4.78, 5) is 12.4. The lowest BCUT2D eigenvalue weighted by Gasteiger charge is -2.22. The van der Waals surface area contributed by atoms with E-state index in [1.165, 1.54) is 0 Å². The summed E-state index contributed by atoms with van der Waals surface area (Å²) in [5.41, 5.74) is 1.48. The van der Waals surface area contributed by atoms with Gasteiger partial charge >= 0.3 is 0 Å². The zero-order valence-corrected chi connectivity index (χ0v) is 12.9. The van der Waals surface area contributed by atoms with Gasteiger partial charge in [-0.25, -0.2) is 0 Å². The Bertz CT molecular complexity index is 706. The van der Waals surface area contributed by atoms with Crippen LogP contribution in [0.15, 0.2) is 36.5 Å². The molecule has 2 aliphatic heterocycles. The van der Waals surface area contributed by atoms with Crippen LogP contribution in [0.25, 0.3) is 0 Å². The van der Waals surface area contributed by atoms with Crippen LogP contribution in [-0.2, 0) is 0 Å². The number of hydrogen-bond donors (Lipinski definition) is 2. The van der Waals surface area contributed by atoms with E-state index in [1.54, 1.807) is 6.07 Å². The third kappa shape index (κ3) is 2.82. The fraction of sp³-hybridized carbons (Fsp3) is 0.412. The molecule has 6 nitrogen and oxygen atoms in total. The molecule has 2 N–H and O–H groups in total. The fourth-order valence-electron chi connectivity index (χ4n) is 3.24. The number of aromatic nitrogens is 2. The molecule has 2 aromatic rings. The molecule has 2 atom stereocenters. The largest absolute Gasteiger partial charge is 0.491 e. The van der Waals surface area contributed by atoms with E-state index in [0.29, 0.717) is 18.3 Å². The van der Waals surface area contributed by atoms with Gasteiger partial charge in [0.2, 0.25) is 0 Å². The number of nitrogens with zero attached hydrogens (tertiary/aromatic N) is 2. The van der Waals surface area contributed by atoms with Gasteiger partial charge in [-0.05, 0) is 31.5 Å². The van der Waals surface area contributed by atoms with Gasteiger partial charge in [-0.2, -0.15) is 5.10 Å². The number of nitrogens with one attached hydrogen (secondary N) is 2. The second-order valence-electron chi connectivity index (χ2n) is 6.06. The lowest BCUT2D eigenvalue weighted by Crippen LogP contribution is -2.32. The van der Waals surface area contributed by atoms with Crippen LogP contribution in [0.5, 0.6) is 5.75 Å². The number of fused-ring (bicyclic) bond motifs is 1. The van der Waals surface area contributed by atoms with Crippen molar-refractivity contribution in [3.8, 4) is 5.75 Å². The molecule has 4 rings (SSSR count). The van der Waals surface area contributed by atoms with Crippen molar-refractivity contribution in [3.05, 3.63) is 47.8 Å². The number of para-hydroxylation sites is 1. The quantitative estimate of drug-likeness (QED) is 0.905. The van der Waals surface area contributed by atoms with Crippen molar-refractivity contribution in [2.45, 2.75) is 24.9 Å². The first-order valence-electron chi connectivity index (χ1n) is 8.10. The highest BCUT2D eigenvalue weighted by Gasteiger charge is 2.26. The van der Waals surface area contributed by atoms with Crippen molar-refractivity contribution in [2.24, 2.45) is 0 Å². The van der Waals surface area contributed by atoms with Crippen LogP contribution in [0.1, 0.15) is 41.0 Å². The Morgan fingerprint density at radius 3 is 3.13 bits per heavy atom. The van der Waals surface area contributed by atoms with Crippen LogP contribution in [0, 0.1) is 0 Å². The smallest absolute Gasteiger partial charge is 0.272 e. The molecule has 0 bridgehead atoms. The molecule has 3 heterocycles. The number of carbonyl (C=O) groups excluding carboxylic acids is 1. The molecule has 1 fully saturated rings. The number of ether oxygens (including phenoxy) is 1. The van der Waals surface area contributed by atoms with Crippen molar-refractivity contribution in [1.29, 1.82) is 0 Å². The van der Waals surface area contributed by atoms with E-state index in [1.807, 2.05) is 35.1 Å². The van der Waals surface area contributed by atoms with E-state index in [0.717, 1.165) is 37.2 Å². The van der Waals surface area contributed by atoms with Crippen LogP contribution >= 0.6 is 0 Å². The van der Waals surface area contributed by atoms with Crippen LogP contribution in [0.3, 0.4) is 0 Å². The molecule has 1 aromatic heterocycles. The van der Waals surface area contributed by atoms with E-state index in [-0.39, 0.29) is 11.9 Å². The highest BCUT2D eigenvalue weighted by molar-refractivity contribution is 5.92. The summed E-state index contributed by atoms with van der Waals surface area (Å²) in [5.74, 6) is 0.689. The molecule has 23 heavy (non-hydrogen) atoms. The first kappa shape index (κ1) is 14.3. The summed E-state index contributed by atoms with van der Waals surface area (Å²) < 4.78 is 7.50. The van der Waals surface area contributed by atoms with Gasteiger partial charge in [0.25, 0.3) is 5.91 Å². The van der Waals surface area contributed by atoms with E-state index < -0.39 is 0 Å². The molecule has 0 spiro atoms. The van der Waals surface area contributed by atoms with E-state index in [2.05, 4.69) is 15.7 Å². The third-order valence-corrected chi connectivity index (χ3v) is 4.49. The van der Waals surface area contributed by atoms with Gasteiger partial charge in [0.15, 0.2) is 0 Å². The van der Waals surface area contributed by atoms with Crippen LogP contribution < -0.4 is 15.4 Å². The Kier molecular flexibility index (Phi) is 3.75. The molecule has 0 radical (unpaired) electrons. The van der Waals surface area contributed by atoms with Gasteiger partial charge in [0.05, 0.1) is 12.1 Å². The summed E-state index contributed by atoms with van der Waals surface area (Å²) in [6.45, 7) is 2.44. The van der Waals surface area contributed by atoms with Gasteiger partial charge < -0.3 is 15.4 Å². The second-order valence-corrected chi connectivity index (χ2v) is 6.06. The summed E-state index contributed by atoms with van der Waals surface area (Å²) in [6.07, 6.45) is 4.13. The van der Waals surface area contributed by atoms with Crippen molar-refractivity contribution in [2.75, 3.05) is 19.7 Å². The molecule has 120 valence electrons. The summed E-state index contributed by atoms with van der Waals surface area (Å²) in [7, 11) is 0. The molecular formula is C17H20N4O2. The number of hydrogen-bond acceptors (Lipinski definition) is 4. The maximum atomic E-state index is 12.4. The monoisotopic (exact) mass is 312 g/mol. The topological polar surface area (TPSA) is 68.2 Å². The van der Waals surface area contributed by atoms with Crippen LogP contribution in [-0.4, -0.2) is 35.4 Å². The average molecular weight is 312 g/mol. The van der Waals surface area contributed by atoms with Crippen molar-refractivity contribution < 1.29 is 9.53 Å². The Hall–Kier alpha value is -2.34. The highest BCUT2D eigenvalue weighted by atomic mass is 16.5. The number of piperidine rings is 1. The normalized spacial score (nSPS) is 23.1. The molecule has 1 aromatic carbocycles. The molecule has 1 saturated heterocycles. The standard InChI is InChI=1S/C17H20N4O2/c22-17(19-15-11-23-16-6-2-1-5-13(15)16)14-7-9-21(20-14)12-4-3-8-18-10-12/h1-2,5-7,9,12,15,18H,3-4,8,10-11H2,(H,19,22)/t12-,15+/m0/s1. The number of amides is 1.